The zero-order valence-electron chi connectivity index (χ0n) is 16.3. The number of esters is 1. The van der Waals surface area contributed by atoms with E-state index in [1.54, 1.807) is 6.92 Å². The van der Waals surface area contributed by atoms with Crippen molar-refractivity contribution in [1.82, 2.24) is 0 Å². The van der Waals surface area contributed by atoms with E-state index >= 15 is 0 Å². The van der Waals surface area contributed by atoms with Gasteiger partial charge in [0.05, 0.1) is 36.9 Å². The highest BCUT2D eigenvalue weighted by Crippen LogP contribution is 2.62. The fraction of sp³-hybridized carbons (Fsp3) is 0.857. The summed E-state index contributed by atoms with van der Waals surface area (Å²) in [5.41, 5.74) is 0.480. The molecule has 6 heteroatoms. The third-order valence-electron chi connectivity index (χ3n) is 8.00. The molecule has 2 saturated carbocycles. The predicted octanol–water partition coefficient (Wildman–Crippen LogP) is 1.56. The lowest BCUT2D eigenvalue weighted by Gasteiger charge is -2.58. The monoisotopic (exact) mass is 380 g/mol. The summed E-state index contributed by atoms with van der Waals surface area (Å²) < 4.78 is 11.8. The summed E-state index contributed by atoms with van der Waals surface area (Å²) in [6.45, 7) is 4.18. The van der Waals surface area contributed by atoms with Crippen LogP contribution in [0.25, 0.3) is 0 Å². The quantitative estimate of drug-likeness (QED) is 0.508. The first-order chi connectivity index (χ1) is 12.9. The van der Waals surface area contributed by atoms with Crippen LogP contribution in [0.1, 0.15) is 52.4 Å². The van der Waals surface area contributed by atoms with E-state index in [-0.39, 0.29) is 48.6 Å². The van der Waals surface area contributed by atoms with Gasteiger partial charge in [-0.25, -0.2) is 0 Å². The predicted molar refractivity (Wildman–Crippen MR) is 97.7 cm³/mol. The van der Waals surface area contributed by atoms with Crippen LogP contribution in [-0.4, -0.2) is 58.9 Å². The Morgan fingerprint density at radius 2 is 2.11 bits per heavy atom. The van der Waals surface area contributed by atoms with Gasteiger partial charge in [-0.3, -0.25) is 4.79 Å². The molecule has 3 N–H and O–H groups in total. The lowest BCUT2D eigenvalue weighted by molar-refractivity contribution is -0.167. The van der Waals surface area contributed by atoms with Crippen molar-refractivity contribution in [3.8, 4) is 0 Å². The molecule has 0 spiro atoms. The van der Waals surface area contributed by atoms with E-state index in [4.69, 9.17) is 9.47 Å². The number of carbonyl (C=O) groups excluding carboxylic acids is 1. The molecule has 3 fully saturated rings. The molecule has 0 aromatic carbocycles. The van der Waals surface area contributed by atoms with Crippen LogP contribution in [0.5, 0.6) is 0 Å². The Balaban J connectivity index is 1.66. The van der Waals surface area contributed by atoms with Crippen molar-refractivity contribution < 1.29 is 29.6 Å². The highest BCUT2D eigenvalue weighted by molar-refractivity contribution is 5.69. The summed E-state index contributed by atoms with van der Waals surface area (Å²) in [6.07, 6.45) is 4.32. The Hall–Kier alpha value is -0.950. The Kier molecular flexibility index (Phi) is 4.90. The minimum Gasteiger partial charge on any atom is -0.459 e. The zero-order valence-corrected chi connectivity index (χ0v) is 16.3. The van der Waals surface area contributed by atoms with E-state index in [2.05, 4.69) is 6.92 Å². The first-order valence-electron chi connectivity index (χ1n) is 10.3. The van der Waals surface area contributed by atoms with Gasteiger partial charge in [0.1, 0.15) is 6.10 Å². The highest BCUT2D eigenvalue weighted by Gasteiger charge is 2.64. The first kappa shape index (κ1) is 19.4. The number of rotatable bonds is 3. The van der Waals surface area contributed by atoms with E-state index in [1.807, 2.05) is 6.08 Å². The largest absolute Gasteiger partial charge is 0.459 e. The summed E-state index contributed by atoms with van der Waals surface area (Å²) in [7, 11) is 0. The van der Waals surface area contributed by atoms with Gasteiger partial charge in [0.15, 0.2) is 0 Å². The topological polar surface area (TPSA) is 96.2 Å². The molecule has 152 valence electrons. The second kappa shape index (κ2) is 6.83. The van der Waals surface area contributed by atoms with E-state index in [0.717, 1.165) is 25.7 Å². The Morgan fingerprint density at radius 1 is 1.33 bits per heavy atom. The van der Waals surface area contributed by atoms with Gasteiger partial charge in [0.25, 0.3) is 0 Å². The van der Waals surface area contributed by atoms with Crippen LogP contribution in [0.15, 0.2) is 11.6 Å². The molecule has 4 aliphatic rings. The van der Waals surface area contributed by atoms with Crippen LogP contribution < -0.4 is 0 Å². The molecule has 4 unspecified atom stereocenters. The van der Waals surface area contributed by atoms with Gasteiger partial charge >= 0.3 is 5.97 Å². The molecule has 27 heavy (non-hydrogen) atoms. The molecular formula is C21H32O6. The normalized spacial score (nSPS) is 48.9. The molecule has 1 heterocycles. The summed E-state index contributed by atoms with van der Waals surface area (Å²) in [5.74, 6) is -0.163. The summed E-state index contributed by atoms with van der Waals surface area (Å²) in [5, 5.41) is 31.4. The van der Waals surface area contributed by atoms with Gasteiger partial charge < -0.3 is 24.8 Å². The van der Waals surface area contributed by atoms with Crippen molar-refractivity contribution in [2.75, 3.05) is 13.2 Å². The van der Waals surface area contributed by atoms with Gasteiger partial charge in [-0.05, 0) is 43.4 Å². The van der Waals surface area contributed by atoms with E-state index < -0.39 is 17.6 Å². The second-order valence-corrected chi connectivity index (χ2v) is 9.20. The minimum absolute atomic E-state index is 0.0493. The van der Waals surface area contributed by atoms with Crippen molar-refractivity contribution in [2.45, 2.75) is 76.8 Å². The molecule has 0 radical (unpaired) electrons. The van der Waals surface area contributed by atoms with E-state index in [1.165, 1.54) is 5.57 Å². The number of ether oxygens (including phenoxy) is 2. The first-order valence-corrected chi connectivity index (χ1v) is 10.3. The molecule has 4 rings (SSSR count). The number of hydrogen-bond donors (Lipinski definition) is 3. The van der Waals surface area contributed by atoms with Crippen LogP contribution in [0.4, 0.5) is 0 Å². The number of aliphatic hydroxyl groups is 3. The standard InChI is InChI=1S/C21H32O6/c1-3-17(25)27-16-10-26-19-18-14(5-7-21(16,19)11-22)20(2)6-4-13(23)8-12(20)9-15(18)24/h9,13-16,18-19,22-24H,3-8,10-11H2,1-2H3/t13-,14?,15?,16-,18?,19?,20-,21-/m0/s1. The fourth-order valence-electron chi connectivity index (χ4n) is 6.37. The molecule has 6 nitrogen and oxygen atoms in total. The molecular weight excluding hydrogens is 348 g/mol. The SMILES string of the molecule is CCC(=O)O[C@H]1COC2C3C(O)C=C4C[C@@H](O)CC[C@]4(C)C3CC[C@@]21CO. The lowest BCUT2D eigenvalue weighted by atomic mass is 9.48. The molecule has 3 aliphatic carbocycles. The van der Waals surface area contributed by atoms with Gasteiger partial charge in [0, 0.05) is 12.3 Å². The van der Waals surface area contributed by atoms with E-state index in [0.29, 0.717) is 12.8 Å². The van der Waals surface area contributed by atoms with Crippen LogP contribution in [0.3, 0.4) is 0 Å². The van der Waals surface area contributed by atoms with E-state index in [9.17, 15) is 20.1 Å². The summed E-state index contributed by atoms with van der Waals surface area (Å²) in [6, 6.07) is 0. The Morgan fingerprint density at radius 3 is 2.81 bits per heavy atom. The molecule has 1 aliphatic heterocycles. The van der Waals surface area contributed by atoms with Crippen LogP contribution >= 0.6 is 0 Å². The van der Waals surface area contributed by atoms with Crippen LogP contribution in [0, 0.1) is 22.7 Å². The van der Waals surface area contributed by atoms with Gasteiger partial charge in [-0.15, -0.1) is 0 Å². The summed E-state index contributed by atoms with van der Waals surface area (Å²) in [4.78, 5) is 11.9. The number of hydrogen-bond acceptors (Lipinski definition) is 6. The molecule has 0 aromatic rings. The lowest BCUT2D eigenvalue weighted by Crippen LogP contribution is -2.60. The van der Waals surface area contributed by atoms with Gasteiger partial charge in [-0.1, -0.05) is 25.5 Å². The van der Waals surface area contributed by atoms with Crippen molar-refractivity contribution in [3.05, 3.63) is 11.6 Å². The second-order valence-electron chi connectivity index (χ2n) is 9.20. The smallest absolute Gasteiger partial charge is 0.305 e. The van der Waals surface area contributed by atoms with Crippen molar-refractivity contribution in [2.24, 2.45) is 22.7 Å². The minimum atomic E-state index is -0.666. The van der Waals surface area contributed by atoms with Gasteiger partial charge in [0.2, 0.25) is 0 Å². The number of fused-ring (bicyclic) bond motifs is 5. The van der Waals surface area contributed by atoms with Crippen molar-refractivity contribution >= 4 is 5.97 Å². The molecule has 0 aromatic heterocycles. The molecule has 1 saturated heterocycles. The van der Waals surface area contributed by atoms with Gasteiger partial charge in [-0.2, -0.15) is 0 Å². The molecule has 8 atom stereocenters. The van der Waals surface area contributed by atoms with Crippen LogP contribution in [-0.2, 0) is 14.3 Å². The Bertz CT molecular complexity index is 632. The highest BCUT2D eigenvalue weighted by atomic mass is 16.6. The third kappa shape index (κ3) is 2.79. The zero-order chi connectivity index (χ0) is 19.4. The maximum Gasteiger partial charge on any atom is 0.305 e. The summed E-state index contributed by atoms with van der Waals surface area (Å²) >= 11 is 0. The van der Waals surface area contributed by atoms with Crippen molar-refractivity contribution in [1.29, 1.82) is 0 Å². The Labute approximate surface area is 160 Å². The fourth-order valence-corrected chi connectivity index (χ4v) is 6.37. The third-order valence-corrected chi connectivity index (χ3v) is 8.00. The number of aliphatic hydroxyl groups excluding tert-OH is 3. The average molecular weight is 380 g/mol. The molecule has 0 bridgehead atoms. The average Bonchev–Trinajstić information content (AvgIpc) is 3.02. The van der Waals surface area contributed by atoms with Crippen molar-refractivity contribution in [3.63, 3.8) is 0 Å². The van der Waals surface area contributed by atoms with Crippen LogP contribution in [0.2, 0.25) is 0 Å². The maximum absolute atomic E-state index is 11.9. The molecule has 0 amide bonds. The number of carbonyl (C=O) groups is 1. The maximum atomic E-state index is 11.9.